The van der Waals surface area contributed by atoms with Gasteiger partial charge in [-0.05, 0) is 48.7 Å². The third-order valence-corrected chi connectivity index (χ3v) is 3.30. The van der Waals surface area contributed by atoms with Crippen LogP contribution in [0.5, 0.6) is 0 Å². The molecule has 5 heteroatoms. The summed E-state index contributed by atoms with van der Waals surface area (Å²) in [6, 6.07) is 6.52. The predicted molar refractivity (Wildman–Crippen MR) is 58.2 cm³/mol. The van der Waals surface area contributed by atoms with Crippen LogP contribution >= 0.6 is 11.8 Å². The SMILES string of the molecule is NC1(Cc2cccc(SC(F)(F)F)c2)CC1. The summed E-state index contributed by atoms with van der Waals surface area (Å²) in [5.41, 5.74) is 2.42. The molecule has 88 valence electrons. The summed E-state index contributed by atoms with van der Waals surface area (Å²) in [7, 11) is 0. The maximum atomic E-state index is 12.2. The van der Waals surface area contributed by atoms with Crippen molar-refractivity contribution in [2.75, 3.05) is 0 Å². The quantitative estimate of drug-likeness (QED) is 0.829. The van der Waals surface area contributed by atoms with Crippen LogP contribution in [-0.4, -0.2) is 11.0 Å². The van der Waals surface area contributed by atoms with Crippen LogP contribution in [0.1, 0.15) is 18.4 Å². The summed E-state index contributed by atoms with van der Waals surface area (Å²) in [5, 5.41) is 0. The molecule has 1 aliphatic rings. The Balaban J connectivity index is 2.07. The van der Waals surface area contributed by atoms with Crippen LogP contribution in [-0.2, 0) is 6.42 Å². The van der Waals surface area contributed by atoms with Gasteiger partial charge in [-0.2, -0.15) is 13.2 Å². The summed E-state index contributed by atoms with van der Waals surface area (Å²) < 4.78 is 36.5. The first kappa shape index (κ1) is 11.8. The van der Waals surface area contributed by atoms with Gasteiger partial charge in [-0.3, -0.25) is 0 Å². The van der Waals surface area contributed by atoms with Crippen molar-refractivity contribution in [1.29, 1.82) is 0 Å². The van der Waals surface area contributed by atoms with Crippen molar-refractivity contribution in [2.45, 2.75) is 35.2 Å². The Hall–Kier alpha value is -0.680. The molecule has 2 rings (SSSR count). The topological polar surface area (TPSA) is 26.0 Å². The molecule has 0 heterocycles. The fourth-order valence-corrected chi connectivity index (χ4v) is 2.22. The molecule has 1 nitrogen and oxygen atoms in total. The zero-order valence-electron chi connectivity index (χ0n) is 8.55. The molecule has 0 bridgehead atoms. The van der Waals surface area contributed by atoms with Gasteiger partial charge in [-0.15, -0.1) is 0 Å². The fourth-order valence-electron chi connectivity index (χ4n) is 1.60. The number of hydrogen-bond acceptors (Lipinski definition) is 2. The normalized spacial score (nSPS) is 18.5. The molecule has 0 amide bonds. The monoisotopic (exact) mass is 247 g/mol. The fraction of sp³-hybridized carbons (Fsp3) is 0.455. The first-order valence-electron chi connectivity index (χ1n) is 5.00. The third-order valence-electron chi connectivity index (χ3n) is 2.58. The highest BCUT2D eigenvalue weighted by molar-refractivity contribution is 8.00. The van der Waals surface area contributed by atoms with E-state index in [0.717, 1.165) is 18.4 Å². The Kier molecular flexibility index (Phi) is 2.92. The van der Waals surface area contributed by atoms with E-state index in [4.69, 9.17) is 5.73 Å². The van der Waals surface area contributed by atoms with E-state index in [9.17, 15) is 13.2 Å². The van der Waals surface area contributed by atoms with Gasteiger partial charge in [0, 0.05) is 10.4 Å². The van der Waals surface area contributed by atoms with E-state index in [0.29, 0.717) is 6.42 Å². The molecule has 0 aromatic heterocycles. The second kappa shape index (κ2) is 3.96. The second-order valence-electron chi connectivity index (χ2n) is 4.23. The number of hydrogen-bond donors (Lipinski definition) is 1. The number of thioether (sulfide) groups is 1. The largest absolute Gasteiger partial charge is 0.446 e. The second-order valence-corrected chi connectivity index (χ2v) is 5.37. The minimum Gasteiger partial charge on any atom is -0.325 e. The molecule has 1 fully saturated rings. The Bertz CT molecular complexity index is 363. The third kappa shape index (κ3) is 3.42. The lowest BCUT2D eigenvalue weighted by Crippen LogP contribution is -2.24. The molecule has 0 unspecified atom stereocenters. The predicted octanol–water partition coefficient (Wildman–Crippen LogP) is 3.33. The van der Waals surface area contributed by atoms with E-state index in [-0.39, 0.29) is 22.2 Å². The van der Waals surface area contributed by atoms with Crippen LogP contribution in [0.25, 0.3) is 0 Å². The molecule has 0 aliphatic heterocycles. The molecule has 1 saturated carbocycles. The highest BCUT2D eigenvalue weighted by Gasteiger charge is 2.38. The summed E-state index contributed by atoms with van der Waals surface area (Å²) in [6.45, 7) is 0. The van der Waals surface area contributed by atoms with Crippen molar-refractivity contribution in [3.63, 3.8) is 0 Å². The van der Waals surface area contributed by atoms with E-state index >= 15 is 0 Å². The number of rotatable bonds is 3. The maximum absolute atomic E-state index is 12.2. The van der Waals surface area contributed by atoms with E-state index in [1.807, 2.05) is 6.07 Å². The van der Waals surface area contributed by atoms with E-state index in [1.54, 1.807) is 12.1 Å². The molecule has 16 heavy (non-hydrogen) atoms. The highest BCUT2D eigenvalue weighted by atomic mass is 32.2. The van der Waals surface area contributed by atoms with Crippen LogP contribution in [0.3, 0.4) is 0 Å². The van der Waals surface area contributed by atoms with Crippen molar-refractivity contribution in [3.05, 3.63) is 29.8 Å². The summed E-state index contributed by atoms with van der Waals surface area (Å²) in [5.74, 6) is 0. The number of nitrogens with two attached hydrogens (primary N) is 1. The van der Waals surface area contributed by atoms with Gasteiger partial charge < -0.3 is 5.73 Å². The van der Waals surface area contributed by atoms with Crippen LogP contribution in [0.4, 0.5) is 13.2 Å². The van der Waals surface area contributed by atoms with Gasteiger partial charge in [0.25, 0.3) is 0 Å². The Labute approximate surface area is 96.2 Å². The standard InChI is InChI=1S/C11H12F3NS/c12-11(13,14)16-9-3-1-2-8(6-9)7-10(15)4-5-10/h1-3,6H,4-5,7,15H2. The van der Waals surface area contributed by atoms with Crippen molar-refractivity contribution < 1.29 is 13.2 Å². The molecule has 2 N–H and O–H groups in total. The molecular formula is C11H12F3NS. The van der Waals surface area contributed by atoms with E-state index in [2.05, 4.69) is 0 Å². The van der Waals surface area contributed by atoms with Gasteiger partial charge in [-0.1, -0.05) is 12.1 Å². The van der Waals surface area contributed by atoms with Crippen LogP contribution < -0.4 is 5.73 Å². The average molecular weight is 247 g/mol. The smallest absolute Gasteiger partial charge is 0.325 e. The van der Waals surface area contributed by atoms with Gasteiger partial charge in [0.05, 0.1) is 0 Å². The molecular weight excluding hydrogens is 235 g/mol. The van der Waals surface area contributed by atoms with Gasteiger partial charge in [0.15, 0.2) is 0 Å². The van der Waals surface area contributed by atoms with Gasteiger partial charge >= 0.3 is 5.51 Å². The number of alkyl halides is 3. The van der Waals surface area contributed by atoms with Crippen molar-refractivity contribution >= 4 is 11.8 Å². The van der Waals surface area contributed by atoms with Gasteiger partial charge in [0.1, 0.15) is 0 Å². The molecule has 0 saturated heterocycles. The molecule has 0 spiro atoms. The van der Waals surface area contributed by atoms with E-state index < -0.39 is 5.51 Å². The van der Waals surface area contributed by atoms with Gasteiger partial charge in [-0.25, -0.2) is 0 Å². The van der Waals surface area contributed by atoms with Crippen molar-refractivity contribution in [1.82, 2.24) is 0 Å². The number of benzene rings is 1. The lowest BCUT2D eigenvalue weighted by molar-refractivity contribution is -0.0328. The molecule has 0 radical (unpaired) electrons. The van der Waals surface area contributed by atoms with Crippen LogP contribution in [0.2, 0.25) is 0 Å². The highest BCUT2D eigenvalue weighted by Crippen LogP contribution is 2.39. The summed E-state index contributed by atoms with van der Waals surface area (Å²) in [6.07, 6.45) is 2.59. The van der Waals surface area contributed by atoms with Crippen LogP contribution in [0.15, 0.2) is 29.2 Å². The van der Waals surface area contributed by atoms with Crippen molar-refractivity contribution in [3.8, 4) is 0 Å². The van der Waals surface area contributed by atoms with Crippen LogP contribution in [0, 0.1) is 0 Å². The average Bonchev–Trinajstić information content (AvgIpc) is 2.80. The Morgan fingerprint density at radius 2 is 2.00 bits per heavy atom. The number of halogens is 3. The lowest BCUT2D eigenvalue weighted by Gasteiger charge is -2.10. The first-order valence-corrected chi connectivity index (χ1v) is 5.82. The molecule has 1 aromatic rings. The lowest BCUT2D eigenvalue weighted by atomic mass is 10.1. The minimum atomic E-state index is -4.22. The first-order chi connectivity index (χ1) is 7.36. The molecule has 0 atom stereocenters. The zero-order valence-corrected chi connectivity index (χ0v) is 9.37. The van der Waals surface area contributed by atoms with E-state index in [1.165, 1.54) is 6.07 Å². The molecule has 1 aromatic carbocycles. The van der Waals surface area contributed by atoms with Crippen molar-refractivity contribution in [2.24, 2.45) is 5.73 Å². The summed E-state index contributed by atoms with van der Waals surface area (Å²) >= 11 is -0.0795. The maximum Gasteiger partial charge on any atom is 0.446 e. The summed E-state index contributed by atoms with van der Waals surface area (Å²) in [4.78, 5) is 0.231. The zero-order chi connectivity index (χ0) is 11.8. The van der Waals surface area contributed by atoms with Gasteiger partial charge in [0.2, 0.25) is 0 Å². The Morgan fingerprint density at radius 3 is 2.56 bits per heavy atom. The Morgan fingerprint density at radius 1 is 1.31 bits per heavy atom. The molecule has 1 aliphatic carbocycles. The minimum absolute atomic E-state index is 0.0795.